The van der Waals surface area contributed by atoms with Crippen LogP contribution in [-0.2, 0) is 11.2 Å². The average molecular weight is 354 g/mol. The van der Waals surface area contributed by atoms with Gasteiger partial charge in [-0.1, -0.05) is 63.9 Å². The Morgan fingerprint density at radius 1 is 1.10 bits per heavy atom. The van der Waals surface area contributed by atoms with Gasteiger partial charge in [-0.3, -0.25) is 0 Å². The molecule has 0 radical (unpaired) electrons. The highest BCUT2D eigenvalue weighted by Crippen LogP contribution is 2.32. The van der Waals surface area contributed by atoms with E-state index in [4.69, 9.17) is 16.3 Å². The van der Waals surface area contributed by atoms with E-state index in [1.165, 1.54) is 16.7 Å². The summed E-state index contributed by atoms with van der Waals surface area (Å²) < 4.78 is 5.10. The monoisotopic (exact) mass is 352 g/mol. The number of ether oxygens (including phenoxy) is 1. The third-order valence-electron chi connectivity index (χ3n) is 3.34. The van der Waals surface area contributed by atoms with Gasteiger partial charge in [-0.05, 0) is 41.7 Å². The molecule has 1 unspecified atom stereocenters. The molecule has 106 valence electrons. The molecule has 0 aliphatic heterocycles. The van der Waals surface area contributed by atoms with Crippen molar-refractivity contribution in [1.29, 1.82) is 0 Å². The SMILES string of the molecule is COCCc1ccc(C(Br)c2ccc(Cl)c(C)c2)cc1. The maximum absolute atomic E-state index is 6.07. The first-order valence-corrected chi connectivity index (χ1v) is 7.89. The van der Waals surface area contributed by atoms with Crippen LogP contribution in [0.3, 0.4) is 0 Å². The van der Waals surface area contributed by atoms with Crippen LogP contribution in [-0.4, -0.2) is 13.7 Å². The van der Waals surface area contributed by atoms with E-state index >= 15 is 0 Å². The Morgan fingerprint density at radius 3 is 2.35 bits per heavy atom. The molecule has 0 aliphatic carbocycles. The third kappa shape index (κ3) is 3.85. The second kappa shape index (κ2) is 7.26. The molecule has 0 spiro atoms. The zero-order valence-corrected chi connectivity index (χ0v) is 14.0. The van der Waals surface area contributed by atoms with Gasteiger partial charge >= 0.3 is 0 Å². The summed E-state index contributed by atoms with van der Waals surface area (Å²) in [6, 6.07) is 14.8. The van der Waals surface area contributed by atoms with E-state index in [1.807, 2.05) is 13.0 Å². The lowest BCUT2D eigenvalue weighted by Gasteiger charge is -2.13. The maximum Gasteiger partial charge on any atom is 0.0644 e. The zero-order chi connectivity index (χ0) is 14.5. The molecule has 0 saturated carbocycles. The molecule has 0 aromatic heterocycles. The molecule has 2 rings (SSSR count). The van der Waals surface area contributed by atoms with Crippen molar-refractivity contribution < 1.29 is 4.74 Å². The highest BCUT2D eigenvalue weighted by atomic mass is 79.9. The fraction of sp³-hybridized carbons (Fsp3) is 0.294. The van der Waals surface area contributed by atoms with Crippen molar-refractivity contribution in [2.24, 2.45) is 0 Å². The Labute approximate surface area is 134 Å². The molecule has 0 bridgehead atoms. The van der Waals surface area contributed by atoms with E-state index in [-0.39, 0.29) is 4.83 Å². The molecule has 0 heterocycles. The predicted octanol–water partition coefficient (Wildman–Crippen LogP) is 5.32. The van der Waals surface area contributed by atoms with Crippen LogP contribution in [0.25, 0.3) is 0 Å². The van der Waals surface area contributed by atoms with Gasteiger partial charge in [-0.25, -0.2) is 0 Å². The fourth-order valence-electron chi connectivity index (χ4n) is 2.09. The number of halogens is 2. The van der Waals surface area contributed by atoms with Crippen LogP contribution in [0.1, 0.15) is 27.1 Å². The summed E-state index contributed by atoms with van der Waals surface area (Å²) in [6.45, 7) is 2.78. The molecule has 2 aromatic rings. The molecule has 2 aromatic carbocycles. The van der Waals surface area contributed by atoms with Crippen LogP contribution >= 0.6 is 27.5 Å². The number of benzene rings is 2. The Kier molecular flexibility index (Phi) is 5.64. The smallest absolute Gasteiger partial charge is 0.0644 e. The summed E-state index contributed by atoms with van der Waals surface area (Å²) in [6.07, 6.45) is 0.948. The van der Waals surface area contributed by atoms with Crippen molar-refractivity contribution in [3.8, 4) is 0 Å². The van der Waals surface area contributed by atoms with Crippen LogP contribution in [0.2, 0.25) is 5.02 Å². The van der Waals surface area contributed by atoms with E-state index in [9.17, 15) is 0 Å². The van der Waals surface area contributed by atoms with Crippen molar-refractivity contribution in [2.75, 3.05) is 13.7 Å². The van der Waals surface area contributed by atoms with Crippen molar-refractivity contribution in [3.05, 3.63) is 69.7 Å². The lowest BCUT2D eigenvalue weighted by molar-refractivity contribution is 0.202. The summed E-state index contributed by atoms with van der Waals surface area (Å²) in [7, 11) is 1.73. The van der Waals surface area contributed by atoms with E-state index in [1.54, 1.807) is 7.11 Å². The number of rotatable bonds is 5. The molecule has 0 aliphatic rings. The molecule has 1 atom stereocenters. The first-order valence-electron chi connectivity index (χ1n) is 6.59. The van der Waals surface area contributed by atoms with Gasteiger partial charge in [-0.2, -0.15) is 0 Å². The van der Waals surface area contributed by atoms with Crippen LogP contribution in [0.5, 0.6) is 0 Å². The third-order valence-corrected chi connectivity index (χ3v) is 4.82. The number of alkyl halides is 1. The van der Waals surface area contributed by atoms with E-state index in [2.05, 4.69) is 52.3 Å². The average Bonchev–Trinajstić information content (AvgIpc) is 2.48. The second-order valence-corrected chi connectivity index (χ2v) is 6.18. The van der Waals surface area contributed by atoms with E-state index < -0.39 is 0 Å². The van der Waals surface area contributed by atoms with Gasteiger partial charge in [0, 0.05) is 12.1 Å². The van der Waals surface area contributed by atoms with Crippen molar-refractivity contribution in [3.63, 3.8) is 0 Å². The van der Waals surface area contributed by atoms with E-state index in [0.29, 0.717) is 0 Å². The lowest BCUT2D eigenvalue weighted by Crippen LogP contribution is -1.97. The second-order valence-electron chi connectivity index (χ2n) is 4.86. The summed E-state index contributed by atoms with van der Waals surface area (Å²) in [5.41, 5.74) is 4.86. The van der Waals surface area contributed by atoms with Crippen molar-refractivity contribution >= 4 is 27.5 Å². The Bertz CT molecular complexity index is 566. The first-order chi connectivity index (χ1) is 9.61. The van der Waals surface area contributed by atoms with Gasteiger partial charge in [0.05, 0.1) is 11.4 Å². The molecule has 3 heteroatoms. The van der Waals surface area contributed by atoms with Gasteiger partial charge in [0.1, 0.15) is 0 Å². The van der Waals surface area contributed by atoms with E-state index in [0.717, 1.165) is 23.6 Å². The molecule has 0 saturated heterocycles. The molecule has 0 N–H and O–H groups in total. The highest BCUT2D eigenvalue weighted by molar-refractivity contribution is 9.09. The zero-order valence-electron chi connectivity index (χ0n) is 11.7. The van der Waals surface area contributed by atoms with Gasteiger partial charge in [-0.15, -0.1) is 0 Å². The van der Waals surface area contributed by atoms with Crippen molar-refractivity contribution in [2.45, 2.75) is 18.2 Å². The number of hydrogen-bond donors (Lipinski definition) is 0. The number of hydrogen-bond acceptors (Lipinski definition) is 1. The topological polar surface area (TPSA) is 9.23 Å². The summed E-state index contributed by atoms with van der Waals surface area (Å²) in [5, 5.41) is 0.809. The van der Waals surface area contributed by atoms with Crippen molar-refractivity contribution in [1.82, 2.24) is 0 Å². The van der Waals surface area contributed by atoms with Crippen LogP contribution in [0, 0.1) is 6.92 Å². The Morgan fingerprint density at radius 2 is 1.75 bits per heavy atom. The highest BCUT2D eigenvalue weighted by Gasteiger charge is 2.11. The van der Waals surface area contributed by atoms with Crippen LogP contribution < -0.4 is 0 Å². The standard InChI is InChI=1S/C17H18BrClO/c1-12-11-15(7-8-16(12)19)17(18)14-5-3-13(4-6-14)9-10-20-2/h3-8,11,17H,9-10H2,1-2H3. The van der Waals surface area contributed by atoms with Gasteiger partial charge in [0.25, 0.3) is 0 Å². The molecule has 20 heavy (non-hydrogen) atoms. The minimum atomic E-state index is 0.190. The first kappa shape index (κ1) is 15.6. The Balaban J connectivity index is 2.15. The number of aryl methyl sites for hydroxylation is 1. The summed E-state index contributed by atoms with van der Waals surface area (Å²) in [4.78, 5) is 0.190. The van der Waals surface area contributed by atoms with Gasteiger partial charge in [0.2, 0.25) is 0 Å². The molecular formula is C17H18BrClO. The lowest BCUT2D eigenvalue weighted by atomic mass is 10.0. The number of methoxy groups -OCH3 is 1. The largest absolute Gasteiger partial charge is 0.384 e. The predicted molar refractivity (Wildman–Crippen MR) is 89.0 cm³/mol. The minimum Gasteiger partial charge on any atom is -0.384 e. The molecule has 1 nitrogen and oxygen atoms in total. The summed E-state index contributed by atoms with van der Waals surface area (Å²) in [5.74, 6) is 0. The summed E-state index contributed by atoms with van der Waals surface area (Å²) >= 11 is 9.84. The Hall–Kier alpha value is -0.830. The maximum atomic E-state index is 6.07. The normalized spacial score (nSPS) is 12.4. The van der Waals surface area contributed by atoms with Crippen LogP contribution in [0.15, 0.2) is 42.5 Å². The molecule has 0 amide bonds. The molecular weight excluding hydrogens is 336 g/mol. The van der Waals surface area contributed by atoms with Gasteiger partial charge in [0.15, 0.2) is 0 Å². The van der Waals surface area contributed by atoms with Crippen LogP contribution in [0.4, 0.5) is 0 Å². The molecule has 0 fully saturated rings. The quantitative estimate of drug-likeness (QED) is 0.661. The van der Waals surface area contributed by atoms with Gasteiger partial charge < -0.3 is 4.74 Å². The minimum absolute atomic E-state index is 0.190. The fourth-order valence-corrected chi connectivity index (χ4v) is 2.80.